The van der Waals surface area contributed by atoms with E-state index in [4.69, 9.17) is 11.6 Å². The van der Waals surface area contributed by atoms with Gasteiger partial charge in [0.25, 0.3) is 0 Å². The minimum atomic E-state index is -0.409. The predicted octanol–water partition coefficient (Wildman–Crippen LogP) is 4.46. The first-order valence-corrected chi connectivity index (χ1v) is 7.34. The van der Waals surface area contributed by atoms with Gasteiger partial charge in [0.05, 0.1) is 5.02 Å². The van der Waals surface area contributed by atoms with Crippen LogP contribution < -0.4 is 4.90 Å². The molecule has 0 saturated heterocycles. The van der Waals surface area contributed by atoms with E-state index in [0.29, 0.717) is 13.0 Å². The Hall–Kier alpha value is -1.87. The van der Waals surface area contributed by atoms with Crippen LogP contribution in [0.5, 0.6) is 0 Å². The van der Waals surface area contributed by atoms with E-state index < -0.39 is 5.82 Å². The molecule has 1 heterocycles. The van der Waals surface area contributed by atoms with Crippen LogP contribution in [0.4, 0.5) is 10.1 Å². The first-order chi connectivity index (χ1) is 10.2. The molecule has 2 aromatic rings. The van der Waals surface area contributed by atoms with Gasteiger partial charge in [0.15, 0.2) is 5.78 Å². The summed E-state index contributed by atoms with van der Waals surface area (Å²) in [7, 11) is 0. The number of benzene rings is 2. The number of carbonyl (C=O) groups excluding carboxylic acids is 1. The van der Waals surface area contributed by atoms with Crippen LogP contribution in [0.15, 0.2) is 42.5 Å². The SMILES string of the molecule is O=C1CCCN(Cc2cccc(F)c2Cl)c2ccccc21. The fourth-order valence-corrected chi connectivity index (χ4v) is 2.90. The van der Waals surface area contributed by atoms with Gasteiger partial charge in [0.2, 0.25) is 0 Å². The van der Waals surface area contributed by atoms with Gasteiger partial charge >= 0.3 is 0 Å². The minimum absolute atomic E-state index is 0.158. The second kappa shape index (κ2) is 5.86. The molecule has 108 valence electrons. The molecule has 0 fully saturated rings. The molecule has 0 saturated carbocycles. The fourth-order valence-electron chi connectivity index (χ4n) is 2.71. The zero-order valence-corrected chi connectivity index (χ0v) is 12.2. The zero-order valence-electron chi connectivity index (χ0n) is 11.5. The van der Waals surface area contributed by atoms with Gasteiger partial charge in [-0.15, -0.1) is 0 Å². The highest BCUT2D eigenvalue weighted by atomic mass is 35.5. The van der Waals surface area contributed by atoms with Crippen LogP contribution in [0.2, 0.25) is 5.02 Å². The van der Waals surface area contributed by atoms with Crippen molar-refractivity contribution in [2.45, 2.75) is 19.4 Å². The molecule has 0 radical (unpaired) electrons. The van der Waals surface area contributed by atoms with E-state index in [2.05, 4.69) is 4.90 Å². The molecule has 0 bridgehead atoms. The van der Waals surface area contributed by atoms with E-state index in [-0.39, 0.29) is 10.8 Å². The van der Waals surface area contributed by atoms with Crippen molar-refractivity contribution in [1.82, 2.24) is 0 Å². The van der Waals surface area contributed by atoms with Gasteiger partial charge in [-0.2, -0.15) is 0 Å². The highest BCUT2D eigenvalue weighted by Crippen LogP contribution is 2.29. The van der Waals surface area contributed by atoms with Crippen molar-refractivity contribution in [3.05, 3.63) is 64.4 Å². The number of hydrogen-bond donors (Lipinski definition) is 0. The highest BCUT2D eigenvalue weighted by molar-refractivity contribution is 6.31. The molecule has 0 aliphatic carbocycles. The molecule has 4 heteroatoms. The molecule has 2 aromatic carbocycles. The van der Waals surface area contributed by atoms with Crippen LogP contribution in [0.1, 0.15) is 28.8 Å². The Labute approximate surface area is 128 Å². The summed E-state index contributed by atoms with van der Waals surface area (Å²) in [5.74, 6) is -0.244. The molecule has 3 rings (SSSR count). The Morgan fingerprint density at radius 3 is 2.81 bits per heavy atom. The van der Waals surface area contributed by atoms with E-state index in [1.54, 1.807) is 6.07 Å². The number of ketones is 1. The van der Waals surface area contributed by atoms with E-state index in [0.717, 1.165) is 29.8 Å². The lowest BCUT2D eigenvalue weighted by Gasteiger charge is -2.25. The average molecular weight is 304 g/mol. The van der Waals surface area contributed by atoms with Crippen molar-refractivity contribution in [3.8, 4) is 0 Å². The Morgan fingerprint density at radius 2 is 1.95 bits per heavy atom. The monoisotopic (exact) mass is 303 g/mol. The summed E-state index contributed by atoms with van der Waals surface area (Å²) in [4.78, 5) is 14.2. The molecule has 0 spiro atoms. The molecule has 1 aliphatic heterocycles. The van der Waals surface area contributed by atoms with Crippen LogP contribution in [0, 0.1) is 5.82 Å². The number of Topliss-reactive ketones (excluding diaryl/α,β-unsaturated/α-hetero) is 1. The summed E-state index contributed by atoms with van der Waals surface area (Å²) in [6.07, 6.45) is 1.34. The molecule has 0 amide bonds. The molecular formula is C17H15ClFNO. The van der Waals surface area contributed by atoms with Crippen molar-refractivity contribution in [2.75, 3.05) is 11.4 Å². The lowest BCUT2D eigenvalue weighted by atomic mass is 10.1. The van der Waals surface area contributed by atoms with Gasteiger partial charge in [-0.3, -0.25) is 4.79 Å². The van der Waals surface area contributed by atoms with E-state index in [9.17, 15) is 9.18 Å². The third-order valence-electron chi connectivity index (χ3n) is 3.77. The number of rotatable bonds is 2. The maximum absolute atomic E-state index is 13.6. The molecule has 21 heavy (non-hydrogen) atoms. The smallest absolute Gasteiger partial charge is 0.165 e. The molecule has 0 aromatic heterocycles. The molecule has 2 nitrogen and oxygen atoms in total. The number of hydrogen-bond acceptors (Lipinski definition) is 2. The van der Waals surface area contributed by atoms with Gasteiger partial charge in [0.1, 0.15) is 5.82 Å². The second-order valence-corrected chi connectivity index (χ2v) is 5.56. The van der Waals surface area contributed by atoms with Crippen molar-refractivity contribution in [3.63, 3.8) is 0 Å². The highest BCUT2D eigenvalue weighted by Gasteiger charge is 2.21. The largest absolute Gasteiger partial charge is 0.367 e. The number of halogens is 2. The zero-order chi connectivity index (χ0) is 14.8. The van der Waals surface area contributed by atoms with Crippen molar-refractivity contribution in [2.24, 2.45) is 0 Å². The van der Waals surface area contributed by atoms with Crippen LogP contribution in [0.25, 0.3) is 0 Å². The number of fused-ring (bicyclic) bond motifs is 1. The Bertz CT molecular complexity index is 686. The van der Waals surface area contributed by atoms with Crippen molar-refractivity contribution >= 4 is 23.1 Å². The quantitative estimate of drug-likeness (QED) is 0.816. The standard InChI is InChI=1S/C17H15ClFNO/c18-17-12(5-3-7-14(17)19)11-20-10-4-9-16(21)13-6-1-2-8-15(13)20/h1-3,5-8H,4,9-11H2. The minimum Gasteiger partial charge on any atom is -0.367 e. The van der Waals surface area contributed by atoms with Gasteiger partial charge < -0.3 is 4.90 Å². The first kappa shape index (κ1) is 14.1. The lowest BCUT2D eigenvalue weighted by molar-refractivity contribution is 0.0984. The molecule has 0 unspecified atom stereocenters. The number of carbonyl (C=O) groups is 1. The average Bonchev–Trinajstić information content (AvgIpc) is 2.65. The van der Waals surface area contributed by atoms with Crippen LogP contribution >= 0.6 is 11.6 Å². The van der Waals surface area contributed by atoms with Gasteiger partial charge in [-0.1, -0.05) is 35.9 Å². The third-order valence-corrected chi connectivity index (χ3v) is 4.19. The summed E-state index contributed by atoms with van der Waals surface area (Å²) >= 11 is 6.04. The van der Waals surface area contributed by atoms with Crippen LogP contribution in [0.3, 0.4) is 0 Å². The van der Waals surface area contributed by atoms with Crippen LogP contribution in [-0.2, 0) is 6.54 Å². The number of para-hydroxylation sites is 1. The molecular weight excluding hydrogens is 289 g/mol. The van der Waals surface area contributed by atoms with Gasteiger partial charge in [-0.25, -0.2) is 4.39 Å². The Kier molecular flexibility index (Phi) is 3.93. The number of nitrogens with zero attached hydrogens (tertiary/aromatic N) is 1. The Balaban J connectivity index is 1.97. The summed E-state index contributed by atoms with van der Waals surface area (Å²) < 4.78 is 13.6. The molecule has 0 atom stereocenters. The van der Waals surface area contributed by atoms with E-state index in [1.165, 1.54) is 6.07 Å². The van der Waals surface area contributed by atoms with Gasteiger partial charge in [0, 0.05) is 30.8 Å². The topological polar surface area (TPSA) is 20.3 Å². The molecule has 0 N–H and O–H groups in total. The normalized spacial score (nSPS) is 14.8. The number of anilines is 1. The second-order valence-electron chi connectivity index (χ2n) is 5.18. The van der Waals surface area contributed by atoms with Gasteiger partial charge in [-0.05, 0) is 30.2 Å². The summed E-state index contributed by atoms with van der Waals surface area (Å²) in [5.41, 5.74) is 2.38. The van der Waals surface area contributed by atoms with E-state index in [1.807, 2.05) is 30.3 Å². The Morgan fingerprint density at radius 1 is 1.14 bits per heavy atom. The summed E-state index contributed by atoms with van der Waals surface area (Å²) in [6.45, 7) is 1.26. The maximum atomic E-state index is 13.6. The van der Waals surface area contributed by atoms with Crippen LogP contribution in [-0.4, -0.2) is 12.3 Å². The maximum Gasteiger partial charge on any atom is 0.165 e. The summed E-state index contributed by atoms with van der Waals surface area (Å²) in [5, 5.41) is 0.158. The fraction of sp³-hybridized carbons (Fsp3) is 0.235. The summed E-state index contributed by atoms with van der Waals surface area (Å²) in [6, 6.07) is 12.4. The molecule has 1 aliphatic rings. The third kappa shape index (κ3) is 2.79. The van der Waals surface area contributed by atoms with E-state index >= 15 is 0 Å². The predicted molar refractivity (Wildman–Crippen MR) is 82.5 cm³/mol. The lowest BCUT2D eigenvalue weighted by Crippen LogP contribution is -2.23. The first-order valence-electron chi connectivity index (χ1n) is 6.97. The van der Waals surface area contributed by atoms with Crippen molar-refractivity contribution < 1.29 is 9.18 Å². The van der Waals surface area contributed by atoms with Crippen molar-refractivity contribution in [1.29, 1.82) is 0 Å².